The highest BCUT2D eigenvalue weighted by molar-refractivity contribution is 8.00. The van der Waals surface area contributed by atoms with E-state index in [-0.39, 0.29) is 5.82 Å². The second-order valence-corrected chi connectivity index (χ2v) is 5.73. The predicted octanol–water partition coefficient (Wildman–Crippen LogP) is 2.12. The number of rotatable bonds is 5. The molecule has 0 fully saturated rings. The fourth-order valence-corrected chi connectivity index (χ4v) is 2.96. The Morgan fingerprint density at radius 3 is 2.48 bits per heavy atom. The Morgan fingerprint density at radius 2 is 1.83 bits per heavy atom. The molecule has 0 spiro atoms. The van der Waals surface area contributed by atoms with Gasteiger partial charge in [-0.2, -0.15) is 4.68 Å². The van der Waals surface area contributed by atoms with E-state index in [1.165, 1.54) is 28.9 Å². The van der Waals surface area contributed by atoms with Crippen molar-refractivity contribution in [2.45, 2.75) is 10.4 Å². The topological polar surface area (TPSA) is 86.7 Å². The summed E-state index contributed by atoms with van der Waals surface area (Å²) in [4.78, 5) is 11.8. The zero-order valence-corrected chi connectivity index (χ0v) is 12.7. The van der Waals surface area contributed by atoms with Crippen molar-refractivity contribution in [3.63, 3.8) is 0 Å². The predicted molar refractivity (Wildman–Crippen MR) is 83.3 cm³/mol. The molecular formula is C15H12FN5OS. The number of nitrogens with zero attached hydrogens (tertiary/aromatic N) is 4. The fraction of sp³-hybridized carbons (Fsp3) is 0.0667. The molecule has 0 aliphatic heterocycles. The van der Waals surface area contributed by atoms with Crippen LogP contribution in [0.2, 0.25) is 0 Å². The van der Waals surface area contributed by atoms with Gasteiger partial charge in [-0.05, 0) is 40.3 Å². The number of halogens is 1. The number of carbonyl (C=O) groups excluding carboxylic acids is 1. The summed E-state index contributed by atoms with van der Waals surface area (Å²) in [5, 5.41) is 11.2. The molecule has 2 aromatic carbocycles. The van der Waals surface area contributed by atoms with Crippen LogP contribution in [-0.2, 0) is 4.79 Å². The molecule has 0 unspecified atom stereocenters. The SMILES string of the molecule is NC(=O)[C@@H](Sc1nnnn1-c1ccccc1)c1ccc(F)cc1. The highest BCUT2D eigenvalue weighted by Crippen LogP contribution is 2.34. The number of hydrogen-bond donors (Lipinski definition) is 1. The number of primary amides is 1. The molecule has 0 aliphatic carbocycles. The van der Waals surface area contributed by atoms with Gasteiger partial charge in [0.1, 0.15) is 11.1 Å². The summed E-state index contributed by atoms with van der Waals surface area (Å²) in [5.41, 5.74) is 6.84. The van der Waals surface area contributed by atoms with Crippen LogP contribution < -0.4 is 5.73 Å². The van der Waals surface area contributed by atoms with Crippen molar-refractivity contribution in [1.29, 1.82) is 0 Å². The van der Waals surface area contributed by atoms with Gasteiger partial charge >= 0.3 is 0 Å². The Kier molecular flexibility index (Phi) is 4.33. The summed E-state index contributed by atoms with van der Waals surface area (Å²) in [7, 11) is 0. The van der Waals surface area contributed by atoms with Crippen molar-refractivity contribution in [1.82, 2.24) is 20.2 Å². The smallest absolute Gasteiger partial charge is 0.235 e. The van der Waals surface area contributed by atoms with Crippen LogP contribution in [0, 0.1) is 5.82 Å². The highest BCUT2D eigenvalue weighted by atomic mass is 32.2. The maximum Gasteiger partial charge on any atom is 0.235 e. The summed E-state index contributed by atoms with van der Waals surface area (Å²) in [6.07, 6.45) is 0. The molecule has 8 heteroatoms. The number of thioether (sulfide) groups is 1. The van der Waals surface area contributed by atoms with E-state index >= 15 is 0 Å². The molecule has 3 rings (SSSR count). The Labute approximate surface area is 135 Å². The normalized spacial score (nSPS) is 12.0. The molecule has 1 amide bonds. The van der Waals surface area contributed by atoms with Gasteiger partial charge in [-0.1, -0.05) is 42.1 Å². The first kappa shape index (κ1) is 15.2. The number of nitrogens with two attached hydrogens (primary N) is 1. The molecule has 0 bridgehead atoms. The van der Waals surface area contributed by atoms with Crippen LogP contribution in [0.25, 0.3) is 5.69 Å². The molecule has 6 nitrogen and oxygen atoms in total. The van der Waals surface area contributed by atoms with E-state index in [4.69, 9.17) is 5.73 Å². The lowest BCUT2D eigenvalue weighted by atomic mass is 10.1. The van der Waals surface area contributed by atoms with Crippen molar-refractivity contribution in [2.24, 2.45) is 5.73 Å². The number of benzene rings is 2. The minimum Gasteiger partial charge on any atom is -0.368 e. The van der Waals surface area contributed by atoms with Gasteiger partial charge in [0.15, 0.2) is 0 Å². The van der Waals surface area contributed by atoms with Gasteiger partial charge in [0.2, 0.25) is 11.1 Å². The quantitative estimate of drug-likeness (QED) is 0.725. The van der Waals surface area contributed by atoms with Gasteiger partial charge in [0.05, 0.1) is 5.69 Å². The van der Waals surface area contributed by atoms with Crippen LogP contribution in [0.15, 0.2) is 59.8 Å². The summed E-state index contributed by atoms with van der Waals surface area (Å²) in [6, 6.07) is 14.9. The molecular weight excluding hydrogens is 317 g/mol. The second-order valence-electron chi connectivity index (χ2n) is 4.66. The lowest BCUT2D eigenvalue weighted by Crippen LogP contribution is -2.19. The zero-order chi connectivity index (χ0) is 16.2. The lowest BCUT2D eigenvalue weighted by molar-refractivity contribution is -0.117. The van der Waals surface area contributed by atoms with Gasteiger partial charge in [0, 0.05) is 0 Å². The van der Waals surface area contributed by atoms with Crippen LogP contribution >= 0.6 is 11.8 Å². The summed E-state index contributed by atoms with van der Waals surface area (Å²) < 4.78 is 14.6. The van der Waals surface area contributed by atoms with E-state index in [1.807, 2.05) is 30.3 Å². The van der Waals surface area contributed by atoms with E-state index in [2.05, 4.69) is 15.5 Å². The molecule has 23 heavy (non-hydrogen) atoms. The van der Waals surface area contributed by atoms with Gasteiger partial charge in [-0.15, -0.1) is 5.10 Å². The van der Waals surface area contributed by atoms with E-state index < -0.39 is 11.2 Å². The van der Waals surface area contributed by atoms with Gasteiger partial charge < -0.3 is 5.73 Å². The largest absolute Gasteiger partial charge is 0.368 e. The van der Waals surface area contributed by atoms with Gasteiger partial charge in [0.25, 0.3) is 0 Å². The molecule has 1 atom stereocenters. The average Bonchev–Trinajstić information content (AvgIpc) is 3.02. The number of amides is 1. The maximum absolute atomic E-state index is 13.1. The first-order valence-electron chi connectivity index (χ1n) is 6.70. The molecule has 0 saturated heterocycles. The third-order valence-corrected chi connectivity index (χ3v) is 4.30. The average molecular weight is 329 g/mol. The zero-order valence-electron chi connectivity index (χ0n) is 11.8. The molecule has 0 aliphatic rings. The van der Waals surface area contributed by atoms with E-state index in [0.717, 1.165) is 17.4 Å². The Bertz CT molecular complexity index is 806. The maximum atomic E-state index is 13.1. The van der Waals surface area contributed by atoms with Crippen LogP contribution in [0.4, 0.5) is 4.39 Å². The first-order chi connectivity index (χ1) is 11.1. The highest BCUT2D eigenvalue weighted by Gasteiger charge is 2.23. The third-order valence-electron chi connectivity index (χ3n) is 3.10. The standard InChI is InChI=1S/C15H12FN5OS/c16-11-8-6-10(7-9-11)13(14(17)22)23-15-18-19-20-21(15)12-4-2-1-3-5-12/h1-9,13H,(H2,17,22)/t13-/m0/s1. The Hall–Kier alpha value is -2.74. The number of carbonyl (C=O) groups is 1. The monoisotopic (exact) mass is 329 g/mol. The molecule has 1 heterocycles. The Balaban J connectivity index is 1.92. The van der Waals surface area contributed by atoms with Crippen LogP contribution in [-0.4, -0.2) is 26.1 Å². The van der Waals surface area contributed by atoms with Crippen LogP contribution in [0.3, 0.4) is 0 Å². The molecule has 0 saturated carbocycles. The molecule has 2 N–H and O–H groups in total. The Morgan fingerprint density at radius 1 is 1.13 bits per heavy atom. The molecule has 3 aromatic rings. The van der Waals surface area contributed by atoms with Crippen molar-refractivity contribution in [3.8, 4) is 5.69 Å². The molecule has 0 radical (unpaired) electrons. The van der Waals surface area contributed by atoms with E-state index in [0.29, 0.717) is 10.7 Å². The molecule has 1 aromatic heterocycles. The van der Waals surface area contributed by atoms with Gasteiger partial charge in [-0.3, -0.25) is 4.79 Å². The number of hydrogen-bond acceptors (Lipinski definition) is 5. The summed E-state index contributed by atoms with van der Waals surface area (Å²) in [5.74, 6) is -0.930. The first-order valence-corrected chi connectivity index (χ1v) is 7.58. The lowest BCUT2D eigenvalue weighted by Gasteiger charge is -2.13. The summed E-state index contributed by atoms with van der Waals surface area (Å²) in [6.45, 7) is 0. The van der Waals surface area contributed by atoms with Crippen LogP contribution in [0.5, 0.6) is 0 Å². The fourth-order valence-electron chi connectivity index (χ4n) is 2.02. The van der Waals surface area contributed by atoms with Gasteiger partial charge in [-0.25, -0.2) is 4.39 Å². The number of para-hydroxylation sites is 1. The van der Waals surface area contributed by atoms with Crippen molar-refractivity contribution in [2.75, 3.05) is 0 Å². The van der Waals surface area contributed by atoms with Crippen molar-refractivity contribution < 1.29 is 9.18 Å². The number of aromatic nitrogens is 4. The van der Waals surface area contributed by atoms with E-state index in [1.54, 1.807) is 0 Å². The summed E-state index contributed by atoms with van der Waals surface area (Å²) >= 11 is 1.11. The van der Waals surface area contributed by atoms with E-state index in [9.17, 15) is 9.18 Å². The third kappa shape index (κ3) is 3.37. The van der Waals surface area contributed by atoms with Crippen molar-refractivity contribution >= 4 is 17.7 Å². The minimum absolute atomic E-state index is 0.379. The van der Waals surface area contributed by atoms with Crippen molar-refractivity contribution in [3.05, 3.63) is 66.0 Å². The number of tetrazole rings is 1. The molecule has 116 valence electrons. The minimum atomic E-state index is -0.718. The second kappa shape index (κ2) is 6.57. The van der Waals surface area contributed by atoms with Crippen LogP contribution in [0.1, 0.15) is 10.8 Å².